The van der Waals surface area contributed by atoms with Crippen molar-refractivity contribution in [3.05, 3.63) is 77.0 Å². The molecule has 0 fully saturated rings. The maximum Gasteiger partial charge on any atom is 0.335 e. The van der Waals surface area contributed by atoms with E-state index in [0.717, 1.165) is 5.56 Å². The van der Waals surface area contributed by atoms with Gasteiger partial charge in [-0.1, -0.05) is 36.4 Å². The van der Waals surface area contributed by atoms with Crippen molar-refractivity contribution in [2.45, 2.75) is 6.54 Å². The van der Waals surface area contributed by atoms with Gasteiger partial charge in [0.2, 0.25) is 5.82 Å². The lowest BCUT2D eigenvalue weighted by Gasteiger charge is -2.06. The molecule has 0 aliphatic rings. The highest BCUT2D eigenvalue weighted by Crippen LogP contribution is 2.18. The first-order valence-electron chi connectivity index (χ1n) is 8.66. The predicted octanol–water partition coefficient (Wildman–Crippen LogP) is 3.26. The molecule has 29 heavy (non-hydrogen) atoms. The van der Waals surface area contributed by atoms with Gasteiger partial charge in [-0.3, -0.25) is 4.79 Å². The van der Waals surface area contributed by atoms with Crippen molar-refractivity contribution < 1.29 is 14.3 Å². The van der Waals surface area contributed by atoms with Crippen LogP contribution in [0.4, 0.5) is 5.69 Å². The highest BCUT2D eigenvalue weighted by molar-refractivity contribution is 7.12. The molecule has 2 aromatic carbocycles. The van der Waals surface area contributed by atoms with Gasteiger partial charge in [-0.15, -0.1) is 21.5 Å². The number of anilines is 1. The van der Waals surface area contributed by atoms with Crippen molar-refractivity contribution in [1.29, 1.82) is 0 Å². The minimum absolute atomic E-state index is 0.170. The van der Waals surface area contributed by atoms with E-state index < -0.39 is 5.97 Å². The molecule has 2 aromatic heterocycles. The first-order chi connectivity index (χ1) is 14.2. The van der Waals surface area contributed by atoms with Crippen LogP contribution in [-0.4, -0.2) is 32.1 Å². The standard InChI is InChI=1S/C20H15N5O3S/c26-18(13-25-23-19(22-24-25)14-5-2-1-3-6-14)28-16-10-8-15(9-11-16)21-20(27)17-7-4-12-29-17/h1-12H,13H2,(H,21,27). The molecular weight excluding hydrogens is 390 g/mol. The Labute approximate surface area is 169 Å². The lowest BCUT2D eigenvalue weighted by molar-refractivity contribution is -0.135. The topological polar surface area (TPSA) is 99.0 Å². The zero-order valence-electron chi connectivity index (χ0n) is 15.1. The van der Waals surface area contributed by atoms with E-state index in [-0.39, 0.29) is 12.5 Å². The molecule has 4 aromatic rings. The summed E-state index contributed by atoms with van der Waals surface area (Å²) in [6.45, 7) is -0.170. The minimum Gasteiger partial charge on any atom is -0.425 e. The first-order valence-corrected chi connectivity index (χ1v) is 9.54. The van der Waals surface area contributed by atoms with E-state index in [4.69, 9.17) is 4.74 Å². The van der Waals surface area contributed by atoms with Gasteiger partial charge in [0.1, 0.15) is 5.75 Å². The Bertz CT molecular complexity index is 1110. The van der Waals surface area contributed by atoms with Crippen LogP contribution in [0.1, 0.15) is 9.67 Å². The second kappa shape index (κ2) is 8.44. The van der Waals surface area contributed by atoms with Crippen molar-refractivity contribution >= 4 is 28.9 Å². The Morgan fingerprint density at radius 2 is 1.79 bits per heavy atom. The summed E-state index contributed by atoms with van der Waals surface area (Å²) in [5, 5.41) is 16.6. The summed E-state index contributed by atoms with van der Waals surface area (Å²) in [4.78, 5) is 26.0. The van der Waals surface area contributed by atoms with Crippen molar-refractivity contribution in [2.75, 3.05) is 5.32 Å². The highest BCUT2D eigenvalue weighted by atomic mass is 32.1. The van der Waals surface area contributed by atoms with Crippen LogP contribution in [-0.2, 0) is 11.3 Å². The molecular formula is C20H15N5O3S. The Balaban J connectivity index is 1.33. The van der Waals surface area contributed by atoms with Gasteiger partial charge in [-0.25, -0.2) is 4.79 Å². The number of hydrogen-bond donors (Lipinski definition) is 1. The second-order valence-electron chi connectivity index (χ2n) is 5.94. The predicted molar refractivity (Wildman–Crippen MR) is 108 cm³/mol. The van der Waals surface area contributed by atoms with Crippen LogP contribution in [0.3, 0.4) is 0 Å². The van der Waals surface area contributed by atoms with Gasteiger partial charge < -0.3 is 10.1 Å². The number of amides is 1. The molecule has 0 bridgehead atoms. The molecule has 1 amide bonds. The lowest BCUT2D eigenvalue weighted by Crippen LogP contribution is -2.18. The fourth-order valence-corrected chi connectivity index (χ4v) is 3.12. The molecule has 4 rings (SSSR count). The monoisotopic (exact) mass is 405 g/mol. The Hall–Kier alpha value is -3.85. The van der Waals surface area contributed by atoms with Gasteiger partial charge in [0.25, 0.3) is 5.91 Å². The average Bonchev–Trinajstić information content (AvgIpc) is 3.42. The highest BCUT2D eigenvalue weighted by Gasteiger charge is 2.12. The molecule has 1 N–H and O–H groups in total. The number of hydrogen-bond acceptors (Lipinski definition) is 7. The van der Waals surface area contributed by atoms with Crippen molar-refractivity contribution in [1.82, 2.24) is 20.2 Å². The van der Waals surface area contributed by atoms with Crippen LogP contribution < -0.4 is 10.1 Å². The van der Waals surface area contributed by atoms with Gasteiger partial charge in [-0.2, -0.15) is 4.80 Å². The summed E-state index contributed by atoms with van der Waals surface area (Å²) in [6.07, 6.45) is 0. The number of tetrazole rings is 1. The Kier molecular flexibility index (Phi) is 5.39. The summed E-state index contributed by atoms with van der Waals surface area (Å²) >= 11 is 1.36. The lowest BCUT2D eigenvalue weighted by atomic mass is 10.2. The maximum atomic E-state index is 12.1. The number of benzene rings is 2. The van der Waals surface area contributed by atoms with Crippen LogP contribution in [0.2, 0.25) is 0 Å². The van der Waals surface area contributed by atoms with Crippen LogP contribution in [0.15, 0.2) is 72.1 Å². The van der Waals surface area contributed by atoms with E-state index in [1.54, 1.807) is 30.3 Å². The van der Waals surface area contributed by atoms with Crippen molar-refractivity contribution in [3.8, 4) is 17.1 Å². The molecule has 0 spiro atoms. The van der Waals surface area contributed by atoms with Crippen LogP contribution in [0.25, 0.3) is 11.4 Å². The molecule has 0 radical (unpaired) electrons. The number of esters is 1. The molecule has 9 heteroatoms. The number of carbonyl (C=O) groups excluding carboxylic acids is 2. The second-order valence-corrected chi connectivity index (χ2v) is 6.89. The number of rotatable bonds is 6. The third-order valence-electron chi connectivity index (χ3n) is 3.84. The molecule has 8 nitrogen and oxygen atoms in total. The zero-order valence-corrected chi connectivity index (χ0v) is 15.9. The van der Waals surface area contributed by atoms with E-state index in [9.17, 15) is 9.59 Å². The zero-order chi connectivity index (χ0) is 20.1. The summed E-state index contributed by atoms with van der Waals surface area (Å²) in [7, 11) is 0. The maximum absolute atomic E-state index is 12.1. The molecule has 0 unspecified atom stereocenters. The smallest absolute Gasteiger partial charge is 0.335 e. The summed E-state index contributed by atoms with van der Waals surface area (Å²) in [5.74, 6) is 0.0744. The number of carbonyl (C=O) groups is 2. The summed E-state index contributed by atoms with van der Waals surface area (Å²) < 4.78 is 5.29. The molecule has 2 heterocycles. The molecule has 0 saturated carbocycles. The number of nitrogens with one attached hydrogen (secondary N) is 1. The van der Waals surface area contributed by atoms with Gasteiger partial charge in [0.15, 0.2) is 6.54 Å². The van der Waals surface area contributed by atoms with Crippen LogP contribution in [0.5, 0.6) is 5.75 Å². The third kappa shape index (κ3) is 4.71. The fourth-order valence-electron chi connectivity index (χ4n) is 2.50. The molecule has 0 atom stereocenters. The van der Waals surface area contributed by atoms with Gasteiger partial charge in [-0.05, 0) is 40.9 Å². The third-order valence-corrected chi connectivity index (χ3v) is 4.71. The van der Waals surface area contributed by atoms with Crippen LogP contribution >= 0.6 is 11.3 Å². The quantitative estimate of drug-likeness (QED) is 0.390. The summed E-state index contributed by atoms with van der Waals surface area (Å²) in [6, 6.07) is 19.4. The SMILES string of the molecule is O=C(Cn1nnc(-c2ccccc2)n1)Oc1ccc(NC(=O)c2cccs2)cc1. The first kappa shape index (κ1) is 18.5. The molecule has 0 aliphatic heterocycles. The number of thiophene rings is 1. The Morgan fingerprint density at radius 3 is 2.52 bits per heavy atom. The molecule has 0 saturated heterocycles. The molecule has 144 valence electrons. The van der Waals surface area contributed by atoms with Crippen LogP contribution in [0, 0.1) is 0 Å². The van der Waals surface area contributed by atoms with Gasteiger partial charge in [0, 0.05) is 11.3 Å². The number of nitrogens with zero attached hydrogens (tertiary/aromatic N) is 4. The van der Waals surface area contributed by atoms with E-state index >= 15 is 0 Å². The van der Waals surface area contributed by atoms with Crippen molar-refractivity contribution in [2.24, 2.45) is 0 Å². The minimum atomic E-state index is -0.530. The number of aromatic nitrogens is 4. The van der Waals surface area contributed by atoms with Gasteiger partial charge >= 0.3 is 5.97 Å². The number of ether oxygens (including phenoxy) is 1. The average molecular weight is 405 g/mol. The van der Waals surface area contributed by atoms with Crippen molar-refractivity contribution in [3.63, 3.8) is 0 Å². The van der Waals surface area contributed by atoms with Gasteiger partial charge in [0.05, 0.1) is 4.88 Å². The van der Waals surface area contributed by atoms with E-state index in [2.05, 4.69) is 20.7 Å². The summed E-state index contributed by atoms with van der Waals surface area (Å²) in [5.41, 5.74) is 1.42. The fraction of sp³-hybridized carbons (Fsp3) is 0.0500. The Morgan fingerprint density at radius 1 is 1.00 bits per heavy atom. The van der Waals surface area contributed by atoms with E-state index in [1.165, 1.54) is 16.1 Å². The normalized spacial score (nSPS) is 10.5. The largest absolute Gasteiger partial charge is 0.425 e. The van der Waals surface area contributed by atoms with E-state index in [1.807, 2.05) is 41.8 Å². The molecule has 0 aliphatic carbocycles. The van der Waals surface area contributed by atoms with E-state index in [0.29, 0.717) is 22.1 Å².